The van der Waals surface area contributed by atoms with E-state index in [-0.39, 0.29) is 11.3 Å². The number of halogens is 1. The number of nitrogens with one attached hydrogen (secondary N) is 1. The van der Waals surface area contributed by atoms with Crippen LogP contribution in [0, 0.1) is 18.3 Å². The Morgan fingerprint density at radius 3 is 2.67 bits per heavy atom. The third kappa shape index (κ3) is 1.21. The number of hydrogen-bond acceptors (Lipinski definition) is 2. The fourth-order valence-corrected chi connectivity index (χ4v) is 1.25. The molecule has 12 heavy (non-hydrogen) atoms. The summed E-state index contributed by atoms with van der Waals surface area (Å²) in [4.78, 5) is 13.1. The smallest absolute Gasteiger partial charge is 0.353 e. The minimum absolute atomic E-state index is 0.0677. The molecule has 4 nitrogen and oxygen atoms in total. The van der Waals surface area contributed by atoms with Crippen LogP contribution >= 0.6 is 15.9 Å². The van der Waals surface area contributed by atoms with Gasteiger partial charge in [-0.1, -0.05) is 0 Å². The van der Waals surface area contributed by atoms with Gasteiger partial charge in [0.15, 0.2) is 0 Å². The second-order valence-electron chi connectivity index (χ2n) is 2.23. The van der Waals surface area contributed by atoms with Crippen LogP contribution in [-0.4, -0.2) is 16.1 Å². The number of aromatic carboxylic acids is 1. The molecule has 0 aromatic carbocycles. The molecule has 62 valence electrons. The zero-order valence-corrected chi connectivity index (χ0v) is 7.77. The van der Waals surface area contributed by atoms with Crippen molar-refractivity contribution in [2.24, 2.45) is 0 Å². The first-order chi connectivity index (χ1) is 5.57. The Morgan fingerprint density at radius 2 is 2.33 bits per heavy atom. The van der Waals surface area contributed by atoms with Crippen molar-refractivity contribution < 1.29 is 9.90 Å². The van der Waals surface area contributed by atoms with Crippen LogP contribution in [-0.2, 0) is 0 Å². The summed E-state index contributed by atoms with van der Waals surface area (Å²) < 4.78 is 0.516. The van der Waals surface area contributed by atoms with Gasteiger partial charge in [0.05, 0.1) is 10.0 Å². The molecule has 5 heteroatoms. The van der Waals surface area contributed by atoms with Gasteiger partial charge < -0.3 is 10.1 Å². The van der Waals surface area contributed by atoms with E-state index in [1.54, 1.807) is 6.92 Å². The highest BCUT2D eigenvalue weighted by Gasteiger charge is 2.17. The van der Waals surface area contributed by atoms with Gasteiger partial charge in [0.2, 0.25) is 0 Å². The highest BCUT2D eigenvalue weighted by Crippen LogP contribution is 2.23. The Hall–Kier alpha value is -1.28. The number of rotatable bonds is 1. The lowest BCUT2D eigenvalue weighted by Crippen LogP contribution is -1.98. The minimum Gasteiger partial charge on any atom is -0.477 e. The van der Waals surface area contributed by atoms with E-state index in [1.807, 2.05) is 6.07 Å². The number of nitriles is 1. The van der Waals surface area contributed by atoms with E-state index < -0.39 is 5.97 Å². The average Bonchev–Trinajstić information content (AvgIpc) is 2.29. The summed E-state index contributed by atoms with van der Waals surface area (Å²) >= 11 is 3.11. The Morgan fingerprint density at radius 1 is 1.75 bits per heavy atom. The average molecular weight is 229 g/mol. The number of carbonyl (C=O) groups is 1. The van der Waals surface area contributed by atoms with Gasteiger partial charge in [-0.15, -0.1) is 0 Å². The number of hydrogen-bond donors (Lipinski definition) is 2. The molecule has 0 aliphatic heterocycles. The SMILES string of the molecule is Cc1[nH]c(C(=O)O)c(C#N)c1Br. The molecule has 2 N–H and O–H groups in total. The monoisotopic (exact) mass is 228 g/mol. The lowest BCUT2D eigenvalue weighted by molar-refractivity contribution is 0.0690. The Bertz CT molecular complexity index is 375. The molecule has 0 aliphatic carbocycles. The van der Waals surface area contributed by atoms with E-state index >= 15 is 0 Å². The topological polar surface area (TPSA) is 76.9 Å². The molecular weight excluding hydrogens is 224 g/mol. The minimum atomic E-state index is -1.12. The molecule has 0 spiro atoms. The van der Waals surface area contributed by atoms with E-state index in [9.17, 15) is 4.79 Å². The van der Waals surface area contributed by atoms with Crippen LogP contribution in [0.2, 0.25) is 0 Å². The Labute approximate surface area is 77.0 Å². The number of aromatic amines is 1. The van der Waals surface area contributed by atoms with Gasteiger partial charge in [-0.25, -0.2) is 4.79 Å². The third-order valence-electron chi connectivity index (χ3n) is 1.44. The standard InChI is InChI=1S/C7H5BrN2O2/c1-3-5(8)4(2-9)6(10-3)7(11)12/h10H,1H3,(H,11,12). The summed E-state index contributed by atoms with van der Waals surface area (Å²) in [7, 11) is 0. The van der Waals surface area contributed by atoms with Gasteiger partial charge in [0, 0.05) is 5.69 Å². The molecule has 1 heterocycles. The van der Waals surface area contributed by atoms with Gasteiger partial charge in [-0.3, -0.25) is 0 Å². The molecule has 0 fully saturated rings. The van der Waals surface area contributed by atoms with E-state index in [0.717, 1.165) is 0 Å². The number of aromatic nitrogens is 1. The van der Waals surface area contributed by atoms with Crippen molar-refractivity contribution >= 4 is 21.9 Å². The quantitative estimate of drug-likeness (QED) is 0.768. The Kier molecular flexibility index (Phi) is 2.20. The first-order valence-electron chi connectivity index (χ1n) is 3.09. The predicted octanol–water partition coefficient (Wildman–Crippen LogP) is 1.66. The van der Waals surface area contributed by atoms with Crippen molar-refractivity contribution in [2.45, 2.75) is 6.92 Å². The first-order valence-corrected chi connectivity index (χ1v) is 3.88. The van der Waals surface area contributed by atoms with Crippen LogP contribution in [0.5, 0.6) is 0 Å². The van der Waals surface area contributed by atoms with Crippen molar-refractivity contribution in [2.75, 3.05) is 0 Å². The zero-order chi connectivity index (χ0) is 9.30. The van der Waals surface area contributed by atoms with E-state index in [2.05, 4.69) is 20.9 Å². The second kappa shape index (κ2) is 2.99. The zero-order valence-electron chi connectivity index (χ0n) is 6.18. The van der Waals surface area contributed by atoms with E-state index in [4.69, 9.17) is 10.4 Å². The van der Waals surface area contributed by atoms with Gasteiger partial charge in [-0.05, 0) is 22.9 Å². The number of H-pyrrole nitrogens is 1. The summed E-state index contributed by atoms with van der Waals surface area (Å²) in [6.07, 6.45) is 0. The normalized spacial score (nSPS) is 9.42. The van der Waals surface area contributed by atoms with Crippen LogP contribution in [0.1, 0.15) is 21.7 Å². The van der Waals surface area contributed by atoms with Crippen LogP contribution in [0.25, 0.3) is 0 Å². The molecule has 0 radical (unpaired) electrons. The fourth-order valence-electron chi connectivity index (χ4n) is 0.867. The third-order valence-corrected chi connectivity index (χ3v) is 2.43. The van der Waals surface area contributed by atoms with Gasteiger partial charge in [0.1, 0.15) is 11.8 Å². The van der Waals surface area contributed by atoms with E-state index in [1.165, 1.54) is 0 Å². The number of carboxylic acids is 1. The highest BCUT2D eigenvalue weighted by atomic mass is 79.9. The van der Waals surface area contributed by atoms with Crippen molar-refractivity contribution in [1.29, 1.82) is 5.26 Å². The fraction of sp³-hybridized carbons (Fsp3) is 0.143. The van der Waals surface area contributed by atoms with Gasteiger partial charge in [-0.2, -0.15) is 5.26 Å². The number of carboxylic acid groups (broad SMARTS) is 1. The maximum atomic E-state index is 10.5. The van der Waals surface area contributed by atoms with Crippen LogP contribution in [0.4, 0.5) is 0 Å². The second-order valence-corrected chi connectivity index (χ2v) is 3.02. The van der Waals surface area contributed by atoms with Gasteiger partial charge >= 0.3 is 5.97 Å². The summed E-state index contributed by atoms with van der Waals surface area (Å²) in [6, 6.07) is 1.81. The lowest BCUT2D eigenvalue weighted by atomic mass is 10.2. The largest absolute Gasteiger partial charge is 0.477 e. The number of aryl methyl sites for hydroxylation is 1. The van der Waals surface area contributed by atoms with E-state index in [0.29, 0.717) is 10.2 Å². The molecule has 1 rings (SSSR count). The molecule has 0 bridgehead atoms. The van der Waals surface area contributed by atoms with Crippen LogP contribution < -0.4 is 0 Å². The highest BCUT2D eigenvalue weighted by molar-refractivity contribution is 9.10. The summed E-state index contributed by atoms with van der Waals surface area (Å²) in [5.74, 6) is -1.12. The predicted molar refractivity (Wildman–Crippen MR) is 44.9 cm³/mol. The number of nitrogens with zero attached hydrogens (tertiary/aromatic N) is 1. The lowest BCUT2D eigenvalue weighted by Gasteiger charge is -1.86. The van der Waals surface area contributed by atoms with Crippen molar-refractivity contribution in [3.05, 3.63) is 21.4 Å². The van der Waals surface area contributed by atoms with Crippen molar-refractivity contribution in [3.8, 4) is 6.07 Å². The van der Waals surface area contributed by atoms with Gasteiger partial charge in [0.25, 0.3) is 0 Å². The molecule has 0 saturated heterocycles. The molecule has 0 aliphatic rings. The summed E-state index contributed by atoms with van der Waals surface area (Å²) in [5, 5.41) is 17.2. The molecule has 0 atom stereocenters. The van der Waals surface area contributed by atoms with Crippen molar-refractivity contribution in [1.82, 2.24) is 4.98 Å². The van der Waals surface area contributed by atoms with Crippen LogP contribution in [0.15, 0.2) is 4.47 Å². The van der Waals surface area contributed by atoms with Crippen LogP contribution in [0.3, 0.4) is 0 Å². The molecule has 1 aromatic rings. The summed E-state index contributed by atoms with van der Waals surface area (Å²) in [5.41, 5.74) is 0.714. The molecule has 0 saturated carbocycles. The Balaban J connectivity index is 3.42. The summed E-state index contributed by atoms with van der Waals surface area (Å²) in [6.45, 7) is 1.69. The maximum absolute atomic E-state index is 10.5. The molecule has 0 unspecified atom stereocenters. The molecule has 1 aromatic heterocycles. The first kappa shape index (κ1) is 8.81. The molecule has 0 amide bonds. The maximum Gasteiger partial charge on any atom is 0.353 e. The molecular formula is C7H5BrN2O2. The van der Waals surface area contributed by atoms with Crippen molar-refractivity contribution in [3.63, 3.8) is 0 Å².